The lowest BCUT2D eigenvalue weighted by atomic mass is 10.1. The van der Waals surface area contributed by atoms with Crippen LogP contribution in [0.4, 0.5) is 15.8 Å². The summed E-state index contributed by atoms with van der Waals surface area (Å²) in [5.41, 5.74) is 1.86. The fourth-order valence-corrected chi connectivity index (χ4v) is 3.46. The van der Waals surface area contributed by atoms with Crippen LogP contribution in [0.2, 0.25) is 0 Å². The SMILES string of the molecule is COC(=O)c1ccc(N2CCCC2)c(NC(=O)c2cc(F)cc(Br)c2)c1. The van der Waals surface area contributed by atoms with Gasteiger partial charge in [-0.3, -0.25) is 4.79 Å². The van der Waals surface area contributed by atoms with Crippen molar-refractivity contribution >= 4 is 39.2 Å². The summed E-state index contributed by atoms with van der Waals surface area (Å²) in [5, 5.41) is 2.80. The van der Waals surface area contributed by atoms with Gasteiger partial charge in [0.05, 0.1) is 24.0 Å². The number of nitrogens with one attached hydrogen (secondary N) is 1. The van der Waals surface area contributed by atoms with Crippen LogP contribution in [-0.4, -0.2) is 32.1 Å². The summed E-state index contributed by atoms with van der Waals surface area (Å²) in [4.78, 5) is 26.6. The number of halogens is 2. The van der Waals surface area contributed by atoms with E-state index in [1.54, 1.807) is 18.2 Å². The Morgan fingerprint density at radius 1 is 1.12 bits per heavy atom. The van der Waals surface area contributed by atoms with Crippen LogP contribution < -0.4 is 10.2 Å². The van der Waals surface area contributed by atoms with Crippen LogP contribution in [0.15, 0.2) is 40.9 Å². The Labute approximate surface area is 159 Å². The van der Waals surface area contributed by atoms with Crippen molar-refractivity contribution in [3.63, 3.8) is 0 Å². The molecule has 0 aromatic heterocycles. The minimum atomic E-state index is -0.507. The van der Waals surface area contributed by atoms with Crippen LogP contribution >= 0.6 is 15.9 Å². The zero-order valence-corrected chi connectivity index (χ0v) is 15.8. The highest BCUT2D eigenvalue weighted by atomic mass is 79.9. The highest BCUT2D eigenvalue weighted by molar-refractivity contribution is 9.10. The van der Waals surface area contributed by atoms with Crippen LogP contribution in [-0.2, 0) is 4.74 Å². The fourth-order valence-electron chi connectivity index (χ4n) is 2.99. The summed E-state index contributed by atoms with van der Waals surface area (Å²) >= 11 is 3.19. The number of benzene rings is 2. The number of hydrogen-bond acceptors (Lipinski definition) is 4. The fraction of sp³-hybridized carbons (Fsp3) is 0.263. The lowest BCUT2D eigenvalue weighted by Crippen LogP contribution is -2.21. The molecule has 0 saturated carbocycles. The highest BCUT2D eigenvalue weighted by Crippen LogP contribution is 2.31. The molecule has 1 heterocycles. The average molecular weight is 421 g/mol. The second-order valence-electron chi connectivity index (χ2n) is 6.03. The highest BCUT2D eigenvalue weighted by Gasteiger charge is 2.20. The number of ether oxygens (including phenoxy) is 1. The molecule has 1 aliphatic heterocycles. The Bertz CT molecular complexity index is 830. The molecule has 0 radical (unpaired) electrons. The largest absolute Gasteiger partial charge is 0.465 e. The number of nitrogens with zero attached hydrogens (tertiary/aromatic N) is 1. The Morgan fingerprint density at radius 2 is 1.85 bits per heavy atom. The van der Waals surface area contributed by atoms with Gasteiger partial charge >= 0.3 is 5.97 Å². The van der Waals surface area contributed by atoms with Crippen molar-refractivity contribution < 1.29 is 18.7 Å². The summed E-state index contributed by atoms with van der Waals surface area (Å²) in [7, 11) is 1.30. The molecule has 1 fully saturated rings. The van der Waals surface area contributed by atoms with Gasteiger partial charge in [-0.15, -0.1) is 0 Å². The predicted octanol–water partition coefficient (Wildman–Crippen LogP) is 4.23. The topological polar surface area (TPSA) is 58.6 Å². The lowest BCUT2D eigenvalue weighted by molar-refractivity contribution is 0.0600. The quantitative estimate of drug-likeness (QED) is 0.751. The molecule has 5 nitrogen and oxygen atoms in total. The first-order valence-electron chi connectivity index (χ1n) is 8.22. The Balaban J connectivity index is 1.95. The summed E-state index contributed by atoms with van der Waals surface area (Å²) in [5.74, 6) is -1.44. The number of anilines is 2. The van der Waals surface area contributed by atoms with Crippen LogP contribution in [0.5, 0.6) is 0 Å². The molecule has 2 aromatic carbocycles. The number of methoxy groups -OCH3 is 1. The molecule has 0 atom stereocenters. The third-order valence-electron chi connectivity index (χ3n) is 4.24. The summed E-state index contributed by atoms with van der Waals surface area (Å²) < 4.78 is 18.8. The first kappa shape index (κ1) is 18.4. The second kappa shape index (κ2) is 7.86. The Hall–Kier alpha value is -2.41. The minimum Gasteiger partial charge on any atom is -0.465 e. The summed E-state index contributed by atoms with van der Waals surface area (Å²) in [6.45, 7) is 1.76. The van der Waals surface area contributed by atoms with E-state index in [2.05, 4.69) is 26.1 Å². The van der Waals surface area contributed by atoms with Crippen molar-refractivity contribution in [2.75, 3.05) is 30.4 Å². The smallest absolute Gasteiger partial charge is 0.337 e. The van der Waals surface area contributed by atoms with Crippen molar-refractivity contribution in [3.05, 3.63) is 57.8 Å². The Morgan fingerprint density at radius 3 is 2.50 bits per heavy atom. The minimum absolute atomic E-state index is 0.188. The number of carbonyl (C=O) groups excluding carboxylic acids is 2. The van der Waals surface area contributed by atoms with Gasteiger partial charge in [-0.05, 0) is 49.2 Å². The maximum atomic E-state index is 13.6. The van der Waals surface area contributed by atoms with Gasteiger partial charge < -0.3 is 15.0 Å². The summed E-state index contributed by atoms with van der Waals surface area (Å²) in [6.07, 6.45) is 2.14. The van der Waals surface area contributed by atoms with Gasteiger partial charge in [0.15, 0.2) is 0 Å². The van der Waals surface area contributed by atoms with Crippen molar-refractivity contribution in [2.24, 2.45) is 0 Å². The van der Waals surface area contributed by atoms with E-state index >= 15 is 0 Å². The van der Waals surface area contributed by atoms with Crippen LogP contribution in [0.3, 0.4) is 0 Å². The number of carbonyl (C=O) groups is 2. The normalized spacial score (nSPS) is 13.6. The molecule has 0 bridgehead atoms. The molecule has 1 saturated heterocycles. The Kier molecular flexibility index (Phi) is 5.56. The first-order chi connectivity index (χ1) is 12.5. The molecule has 136 valence electrons. The molecule has 0 spiro atoms. The van der Waals surface area contributed by atoms with Crippen molar-refractivity contribution in [2.45, 2.75) is 12.8 Å². The number of esters is 1. The summed E-state index contributed by atoms with van der Waals surface area (Å²) in [6, 6.07) is 9.05. The van der Waals surface area contributed by atoms with E-state index in [1.165, 1.54) is 25.3 Å². The van der Waals surface area contributed by atoms with Gasteiger partial charge in [-0.25, -0.2) is 9.18 Å². The van der Waals surface area contributed by atoms with Gasteiger partial charge in [0, 0.05) is 23.1 Å². The molecule has 7 heteroatoms. The van der Waals surface area contributed by atoms with Crippen LogP contribution in [0, 0.1) is 5.82 Å². The lowest BCUT2D eigenvalue weighted by Gasteiger charge is -2.22. The predicted molar refractivity (Wildman–Crippen MR) is 101 cm³/mol. The number of rotatable bonds is 4. The van der Waals surface area contributed by atoms with Crippen molar-refractivity contribution in [1.29, 1.82) is 0 Å². The van der Waals surface area contributed by atoms with E-state index in [1.807, 2.05) is 0 Å². The molecule has 26 heavy (non-hydrogen) atoms. The molecule has 2 aromatic rings. The molecule has 3 rings (SSSR count). The van der Waals surface area contributed by atoms with Gasteiger partial charge in [0.2, 0.25) is 0 Å². The van der Waals surface area contributed by atoms with Crippen LogP contribution in [0.1, 0.15) is 33.6 Å². The van der Waals surface area contributed by atoms with Gasteiger partial charge in [-0.1, -0.05) is 15.9 Å². The molecule has 1 amide bonds. The zero-order chi connectivity index (χ0) is 18.7. The average Bonchev–Trinajstić information content (AvgIpc) is 3.14. The molecule has 0 aliphatic carbocycles. The van der Waals surface area contributed by atoms with Crippen molar-refractivity contribution in [1.82, 2.24) is 0 Å². The molecular weight excluding hydrogens is 403 g/mol. The molecular formula is C19H18BrFN2O3. The van der Waals surface area contributed by atoms with E-state index in [-0.39, 0.29) is 5.56 Å². The maximum Gasteiger partial charge on any atom is 0.337 e. The number of hydrogen-bond donors (Lipinski definition) is 1. The third kappa shape index (κ3) is 4.04. The number of amides is 1. The third-order valence-corrected chi connectivity index (χ3v) is 4.70. The molecule has 1 aliphatic rings. The van der Waals surface area contributed by atoms with E-state index in [9.17, 15) is 14.0 Å². The van der Waals surface area contributed by atoms with Gasteiger partial charge in [0.1, 0.15) is 5.82 Å². The molecule has 0 unspecified atom stereocenters. The van der Waals surface area contributed by atoms with E-state index in [0.717, 1.165) is 31.6 Å². The van der Waals surface area contributed by atoms with Gasteiger partial charge in [0.25, 0.3) is 5.91 Å². The van der Waals surface area contributed by atoms with Crippen LogP contribution in [0.25, 0.3) is 0 Å². The maximum absolute atomic E-state index is 13.6. The van der Waals surface area contributed by atoms with E-state index in [4.69, 9.17) is 4.74 Å². The van der Waals surface area contributed by atoms with E-state index in [0.29, 0.717) is 15.7 Å². The zero-order valence-electron chi connectivity index (χ0n) is 14.2. The van der Waals surface area contributed by atoms with Gasteiger partial charge in [-0.2, -0.15) is 0 Å². The van der Waals surface area contributed by atoms with Crippen molar-refractivity contribution in [3.8, 4) is 0 Å². The second-order valence-corrected chi connectivity index (χ2v) is 6.95. The van der Waals surface area contributed by atoms with E-state index < -0.39 is 17.7 Å². The molecule has 1 N–H and O–H groups in total. The standard InChI is InChI=1S/C19H18BrFN2O3/c1-26-19(25)12-4-5-17(23-6-2-3-7-23)16(10-12)22-18(24)13-8-14(20)11-15(21)9-13/h4-5,8-11H,2-3,6-7H2,1H3,(H,22,24). The monoisotopic (exact) mass is 420 g/mol. The first-order valence-corrected chi connectivity index (χ1v) is 9.02.